The van der Waals surface area contributed by atoms with Gasteiger partial charge in [-0.3, -0.25) is 29.0 Å². The summed E-state index contributed by atoms with van der Waals surface area (Å²) in [5, 5.41) is 10.3. The first-order valence-electron chi connectivity index (χ1n) is 13.4. The van der Waals surface area contributed by atoms with E-state index in [0.717, 1.165) is 0 Å². The lowest BCUT2D eigenvalue weighted by atomic mass is 10.0. The van der Waals surface area contributed by atoms with E-state index in [0.29, 0.717) is 51.6 Å². The summed E-state index contributed by atoms with van der Waals surface area (Å²) in [7, 11) is 0. The molecule has 1 fully saturated rings. The second kappa shape index (κ2) is 17.2. The van der Waals surface area contributed by atoms with Gasteiger partial charge in [-0.25, -0.2) is 0 Å². The van der Waals surface area contributed by atoms with Crippen molar-refractivity contribution in [2.75, 3.05) is 39.4 Å². The number of ether oxygens (including phenoxy) is 1. The van der Waals surface area contributed by atoms with Gasteiger partial charge in [0.2, 0.25) is 29.5 Å². The highest BCUT2D eigenvalue weighted by Crippen LogP contribution is 2.07. The Kier molecular flexibility index (Phi) is 14.8. The molecule has 1 aliphatic rings. The van der Waals surface area contributed by atoms with Crippen molar-refractivity contribution in [1.29, 1.82) is 0 Å². The predicted octanol–water partition coefficient (Wildman–Crippen LogP) is -1.81. The van der Waals surface area contributed by atoms with Crippen molar-refractivity contribution in [3.8, 4) is 0 Å². The maximum absolute atomic E-state index is 13.0. The summed E-state index contributed by atoms with van der Waals surface area (Å²) in [6, 6.07) is -2.69. The van der Waals surface area contributed by atoms with Gasteiger partial charge in [0.1, 0.15) is 18.1 Å². The Morgan fingerprint density at radius 2 is 1.56 bits per heavy atom. The lowest BCUT2D eigenvalue weighted by Crippen LogP contribution is -2.55. The molecule has 14 heteroatoms. The van der Waals surface area contributed by atoms with Crippen LogP contribution in [0.2, 0.25) is 0 Å². The number of hydrogen-bond acceptors (Lipinski definition) is 7. The van der Waals surface area contributed by atoms with Crippen LogP contribution in [0.25, 0.3) is 0 Å². The highest BCUT2D eigenvalue weighted by Gasteiger charge is 2.27. The SMILES string of the molecule is CC(=O)N[C@H](C(=O)NCC(=O)N[C@@H](CC(C)C)C(=O)N[C@@H](CCCN=C(N)N1CCOCC1)C(N)=O)C(C)C. The van der Waals surface area contributed by atoms with E-state index in [-0.39, 0.29) is 30.7 Å². The summed E-state index contributed by atoms with van der Waals surface area (Å²) in [4.78, 5) is 67.6. The van der Waals surface area contributed by atoms with E-state index in [1.165, 1.54) is 6.92 Å². The first-order valence-corrected chi connectivity index (χ1v) is 13.4. The van der Waals surface area contributed by atoms with Gasteiger partial charge >= 0.3 is 0 Å². The number of nitrogens with zero attached hydrogens (tertiary/aromatic N) is 2. The summed E-state index contributed by atoms with van der Waals surface area (Å²) in [5.74, 6) is -2.45. The molecule has 1 saturated heterocycles. The summed E-state index contributed by atoms with van der Waals surface area (Å²) in [6.45, 7) is 11.1. The van der Waals surface area contributed by atoms with Crippen molar-refractivity contribution in [3.63, 3.8) is 0 Å². The van der Waals surface area contributed by atoms with Crippen molar-refractivity contribution < 1.29 is 28.7 Å². The molecule has 0 aromatic rings. The van der Waals surface area contributed by atoms with Crippen molar-refractivity contribution in [2.24, 2.45) is 28.3 Å². The Morgan fingerprint density at radius 3 is 2.10 bits per heavy atom. The van der Waals surface area contributed by atoms with E-state index in [1.807, 2.05) is 18.7 Å². The fourth-order valence-electron chi connectivity index (χ4n) is 3.92. The molecule has 8 N–H and O–H groups in total. The van der Waals surface area contributed by atoms with Crippen molar-refractivity contribution in [2.45, 2.75) is 72.0 Å². The number of morpholine rings is 1. The molecule has 1 rings (SSSR count). The molecule has 0 bridgehead atoms. The van der Waals surface area contributed by atoms with Crippen LogP contribution in [0.15, 0.2) is 4.99 Å². The topological polar surface area (TPSA) is 210 Å². The molecule has 14 nitrogen and oxygen atoms in total. The third kappa shape index (κ3) is 13.3. The average molecular weight is 555 g/mol. The Morgan fingerprint density at radius 1 is 0.923 bits per heavy atom. The lowest BCUT2D eigenvalue weighted by Gasteiger charge is -2.27. The maximum Gasteiger partial charge on any atom is 0.243 e. The van der Waals surface area contributed by atoms with Crippen LogP contribution in [-0.4, -0.2) is 97.9 Å². The fraction of sp³-hybridized carbons (Fsp3) is 0.760. The van der Waals surface area contributed by atoms with Crippen molar-refractivity contribution >= 4 is 35.5 Å². The number of rotatable bonds is 15. The Hall–Kier alpha value is -3.42. The Balaban J connectivity index is 2.67. The molecule has 0 radical (unpaired) electrons. The molecular formula is C25H46N8O6. The predicted molar refractivity (Wildman–Crippen MR) is 146 cm³/mol. The minimum atomic E-state index is -0.951. The van der Waals surface area contributed by atoms with E-state index in [9.17, 15) is 24.0 Å². The zero-order valence-electron chi connectivity index (χ0n) is 23.7. The van der Waals surface area contributed by atoms with Gasteiger partial charge in [-0.05, 0) is 31.1 Å². The number of carbonyl (C=O) groups is 5. The minimum Gasteiger partial charge on any atom is -0.378 e. The molecule has 5 amide bonds. The normalized spacial score (nSPS) is 16.3. The van der Waals surface area contributed by atoms with Gasteiger partial charge in [0.25, 0.3) is 0 Å². The third-order valence-corrected chi connectivity index (χ3v) is 6.01. The van der Waals surface area contributed by atoms with E-state index >= 15 is 0 Å². The van der Waals surface area contributed by atoms with Crippen LogP contribution in [0, 0.1) is 11.8 Å². The smallest absolute Gasteiger partial charge is 0.243 e. The maximum atomic E-state index is 13.0. The second-order valence-electron chi connectivity index (χ2n) is 10.3. The number of aliphatic imine (C=N–C) groups is 1. The zero-order valence-corrected chi connectivity index (χ0v) is 23.7. The van der Waals surface area contributed by atoms with Gasteiger partial charge in [-0.2, -0.15) is 0 Å². The van der Waals surface area contributed by atoms with Crippen molar-refractivity contribution in [3.05, 3.63) is 0 Å². The van der Waals surface area contributed by atoms with E-state index < -0.39 is 41.8 Å². The molecule has 0 aromatic carbocycles. The van der Waals surface area contributed by atoms with Crippen LogP contribution in [0.5, 0.6) is 0 Å². The third-order valence-electron chi connectivity index (χ3n) is 6.01. The number of carbonyl (C=O) groups excluding carboxylic acids is 5. The van der Waals surface area contributed by atoms with Gasteiger partial charge in [-0.1, -0.05) is 27.7 Å². The quantitative estimate of drug-likeness (QED) is 0.0770. The Bertz CT molecular complexity index is 873. The molecular weight excluding hydrogens is 508 g/mol. The number of nitrogens with two attached hydrogens (primary N) is 2. The molecule has 1 aliphatic heterocycles. The number of amides is 5. The molecule has 0 saturated carbocycles. The largest absolute Gasteiger partial charge is 0.378 e. The summed E-state index contributed by atoms with van der Waals surface area (Å²) in [6.07, 6.45) is 1.01. The summed E-state index contributed by atoms with van der Waals surface area (Å²) < 4.78 is 5.29. The highest BCUT2D eigenvalue weighted by atomic mass is 16.5. The van der Waals surface area contributed by atoms with Crippen LogP contribution in [-0.2, 0) is 28.7 Å². The lowest BCUT2D eigenvalue weighted by molar-refractivity contribution is -0.133. The van der Waals surface area contributed by atoms with Crippen LogP contribution < -0.4 is 32.7 Å². The fourth-order valence-corrected chi connectivity index (χ4v) is 3.92. The number of nitrogens with one attached hydrogen (secondary N) is 4. The van der Waals surface area contributed by atoms with E-state index in [4.69, 9.17) is 16.2 Å². The van der Waals surface area contributed by atoms with Gasteiger partial charge < -0.3 is 42.4 Å². The molecule has 0 unspecified atom stereocenters. The molecule has 1 heterocycles. The van der Waals surface area contributed by atoms with E-state index in [2.05, 4.69) is 26.3 Å². The summed E-state index contributed by atoms with van der Waals surface area (Å²) in [5.41, 5.74) is 11.5. The molecule has 222 valence electrons. The number of guanidine groups is 1. The molecule has 0 spiro atoms. The van der Waals surface area contributed by atoms with Crippen LogP contribution in [0.3, 0.4) is 0 Å². The van der Waals surface area contributed by atoms with Gasteiger partial charge in [0, 0.05) is 26.6 Å². The van der Waals surface area contributed by atoms with Gasteiger partial charge in [-0.15, -0.1) is 0 Å². The molecule has 0 aliphatic carbocycles. The number of primary amides is 1. The molecule has 0 aromatic heterocycles. The number of hydrogen-bond donors (Lipinski definition) is 6. The first-order chi connectivity index (χ1) is 18.3. The Labute approximate surface area is 230 Å². The second-order valence-corrected chi connectivity index (χ2v) is 10.3. The van der Waals surface area contributed by atoms with Gasteiger partial charge in [0.15, 0.2) is 5.96 Å². The van der Waals surface area contributed by atoms with Crippen LogP contribution in [0.1, 0.15) is 53.9 Å². The highest BCUT2D eigenvalue weighted by molar-refractivity contribution is 5.93. The minimum absolute atomic E-state index is 0.0465. The standard InChI is InChI=1S/C25H46N8O6/c1-15(2)13-19(31-20(35)14-29-24(38)21(16(3)4)30-17(5)34)23(37)32-18(22(26)36)7-6-8-28-25(27)33-9-11-39-12-10-33/h15-16,18-19,21H,6-14H2,1-5H3,(H2,26,36)(H2,27,28)(H,29,38)(H,30,34)(H,31,35)(H,32,37)/t18-,19-,21-/m0/s1. The van der Waals surface area contributed by atoms with Crippen LogP contribution >= 0.6 is 0 Å². The molecule has 3 atom stereocenters. The van der Waals surface area contributed by atoms with Crippen LogP contribution in [0.4, 0.5) is 0 Å². The molecule has 39 heavy (non-hydrogen) atoms. The summed E-state index contributed by atoms with van der Waals surface area (Å²) >= 11 is 0. The van der Waals surface area contributed by atoms with Crippen molar-refractivity contribution in [1.82, 2.24) is 26.2 Å². The van der Waals surface area contributed by atoms with E-state index in [1.54, 1.807) is 13.8 Å². The first kappa shape index (κ1) is 33.6. The van der Waals surface area contributed by atoms with Gasteiger partial charge in [0.05, 0.1) is 19.8 Å². The monoisotopic (exact) mass is 554 g/mol. The average Bonchev–Trinajstić information content (AvgIpc) is 2.86. The zero-order chi connectivity index (χ0) is 29.5.